The Bertz CT molecular complexity index is 662. The number of hydrogen-bond acceptors (Lipinski definition) is 2. The Morgan fingerprint density at radius 1 is 1.24 bits per heavy atom. The topological polar surface area (TPSA) is 29.9 Å². The fourth-order valence-electron chi connectivity index (χ4n) is 3.09. The van der Waals surface area contributed by atoms with Crippen LogP contribution in [-0.4, -0.2) is 16.1 Å². The van der Waals surface area contributed by atoms with Crippen LogP contribution in [0.3, 0.4) is 0 Å². The zero-order valence-corrected chi connectivity index (χ0v) is 13.7. The third-order valence-electron chi connectivity index (χ3n) is 4.32. The molecule has 1 N–H and O–H groups in total. The van der Waals surface area contributed by atoms with E-state index in [0.29, 0.717) is 6.04 Å². The average Bonchev–Trinajstić information content (AvgIpc) is 2.82. The molecule has 112 valence electrons. The molecule has 0 aliphatic carbocycles. The first-order valence-corrected chi connectivity index (χ1v) is 7.76. The SMILES string of the molecule is Cc1ccc(C2CCNc3nc(C(C)(C)C)cn32)c(C)c1. The lowest BCUT2D eigenvalue weighted by Gasteiger charge is -2.27. The molecular weight excluding hydrogens is 258 g/mol. The highest BCUT2D eigenvalue weighted by atomic mass is 15.2. The number of nitrogens with one attached hydrogen (secondary N) is 1. The van der Waals surface area contributed by atoms with Crippen LogP contribution < -0.4 is 5.32 Å². The molecule has 0 spiro atoms. The molecule has 1 unspecified atom stereocenters. The predicted molar refractivity (Wildman–Crippen MR) is 88.1 cm³/mol. The molecule has 0 radical (unpaired) electrons. The van der Waals surface area contributed by atoms with Crippen molar-refractivity contribution in [2.45, 2.75) is 52.5 Å². The van der Waals surface area contributed by atoms with E-state index in [1.807, 2.05) is 0 Å². The summed E-state index contributed by atoms with van der Waals surface area (Å²) in [5.74, 6) is 1.01. The fraction of sp³-hybridized carbons (Fsp3) is 0.500. The normalized spacial score (nSPS) is 18.2. The first-order chi connectivity index (χ1) is 9.86. The molecule has 0 amide bonds. The zero-order chi connectivity index (χ0) is 15.2. The van der Waals surface area contributed by atoms with Crippen molar-refractivity contribution >= 4 is 5.95 Å². The standard InChI is InChI=1S/C18H25N3/c1-12-6-7-14(13(2)10-12)15-8-9-19-17-20-16(11-21(15)17)18(3,4)5/h6-7,10-11,15H,8-9H2,1-5H3,(H,19,20). The number of aryl methyl sites for hydroxylation is 2. The highest BCUT2D eigenvalue weighted by Gasteiger charge is 2.27. The summed E-state index contributed by atoms with van der Waals surface area (Å²) in [6.45, 7) is 12.0. The van der Waals surface area contributed by atoms with E-state index in [1.165, 1.54) is 16.7 Å². The lowest BCUT2D eigenvalue weighted by molar-refractivity contribution is 0.524. The van der Waals surface area contributed by atoms with Crippen LogP contribution in [0.4, 0.5) is 5.95 Å². The fourth-order valence-corrected chi connectivity index (χ4v) is 3.09. The molecule has 3 nitrogen and oxygen atoms in total. The van der Waals surface area contributed by atoms with Gasteiger partial charge >= 0.3 is 0 Å². The van der Waals surface area contributed by atoms with Crippen molar-refractivity contribution in [3.05, 3.63) is 46.8 Å². The van der Waals surface area contributed by atoms with Gasteiger partial charge in [0.1, 0.15) is 0 Å². The van der Waals surface area contributed by atoms with Gasteiger partial charge in [0.15, 0.2) is 0 Å². The molecule has 21 heavy (non-hydrogen) atoms. The van der Waals surface area contributed by atoms with E-state index in [9.17, 15) is 0 Å². The van der Waals surface area contributed by atoms with E-state index in [2.05, 4.69) is 68.9 Å². The van der Waals surface area contributed by atoms with Gasteiger partial charge in [0.05, 0.1) is 11.7 Å². The Morgan fingerprint density at radius 2 is 2.00 bits per heavy atom. The maximum Gasteiger partial charge on any atom is 0.203 e. The smallest absolute Gasteiger partial charge is 0.203 e. The first kappa shape index (κ1) is 14.2. The van der Waals surface area contributed by atoms with E-state index < -0.39 is 0 Å². The Morgan fingerprint density at radius 3 is 2.67 bits per heavy atom. The van der Waals surface area contributed by atoms with E-state index >= 15 is 0 Å². The van der Waals surface area contributed by atoms with Crippen LogP contribution in [0.2, 0.25) is 0 Å². The predicted octanol–water partition coefficient (Wildman–Crippen LogP) is 4.20. The van der Waals surface area contributed by atoms with E-state index in [-0.39, 0.29) is 5.41 Å². The van der Waals surface area contributed by atoms with Crippen molar-refractivity contribution in [2.75, 3.05) is 11.9 Å². The Balaban J connectivity index is 2.06. The van der Waals surface area contributed by atoms with Gasteiger partial charge in [-0.1, -0.05) is 44.5 Å². The van der Waals surface area contributed by atoms with Crippen LogP contribution in [0.5, 0.6) is 0 Å². The Kier molecular flexibility index (Phi) is 3.31. The summed E-state index contributed by atoms with van der Waals surface area (Å²) in [5.41, 5.74) is 5.35. The first-order valence-electron chi connectivity index (χ1n) is 7.76. The molecule has 0 saturated carbocycles. The largest absolute Gasteiger partial charge is 0.356 e. The molecule has 1 aromatic heterocycles. The second kappa shape index (κ2) is 4.90. The van der Waals surface area contributed by atoms with Crippen LogP contribution in [0.1, 0.15) is 55.6 Å². The van der Waals surface area contributed by atoms with Crippen LogP contribution in [-0.2, 0) is 5.41 Å². The Hall–Kier alpha value is -1.77. The minimum atomic E-state index is 0.0822. The number of hydrogen-bond donors (Lipinski definition) is 1. The molecule has 2 aromatic rings. The van der Waals surface area contributed by atoms with Gasteiger partial charge in [-0.2, -0.15) is 0 Å². The zero-order valence-electron chi connectivity index (χ0n) is 13.7. The van der Waals surface area contributed by atoms with Crippen LogP contribution in [0.15, 0.2) is 24.4 Å². The van der Waals surface area contributed by atoms with Crippen molar-refractivity contribution in [3.8, 4) is 0 Å². The van der Waals surface area contributed by atoms with Crippen LogP contribution in [0.25, 0.3) is 0 Å². The maximum absolute atomic E-state index is 4.80. The molecule has 1 aliphatic rings. The number of benzene rings is 1. The minimum Gasteiger partial charge on any atom is -0.356 e. The van der Waals surface area contributed by atoms with Gasteiger partial charge in [0, 0.05) is 18.2 Å². The summed E-state index contributed by atoms with van der Waals surface area (Å²) in [4.78, 5) is 4.80. The molecule has 0 fully saturated rings. The molecule has 3 heteroatoms. The molecule has 1 aliphatic heterocycles. The van der Waals surface area contributed by atoms with Crippen molar-refractivity contribution in [1.29, 1.82) is 0 Å². The number of aromatic nitrogens is 2. The monoisotopic (exact) mass is 283 g/mol. The Labute approximate surface area is 127 Å². The van der Waals surface area contributed by atoms with Gasteiger partial charge in [-0.05, 0) is 31.4 Å². The summed E-state index contributed by atoms with van der Waals surface area (Å²) >= 11 is 0. The maximum atomic E-state index is 4.80. The molecule has 0 bridgehead atoms. The number of anilines is 1. The van der Waals surface area contributed by atoms with Gasteiger partial charge < -0.3 is 9.88 Å². The van der Waals surface area contributed by atoms with Crippen LogP contribution >= 0.6 is 0 Å². The number of imidazole rings is 1. The lowest BCUT2D eigenvalue weighted by atomic mass is 9.93. The lowest BCUT2D eigenvalue weighted by Crippen LogP contribution is -2.23. The molecule has 1 atom stereocenters. The summed E-state index contributed by atoms with van der Waals surface area (Å²) in [7, 11) is 0. The third-order valence-corrected chi connectivity index (χ3v) is 4.32. The second-order valence-electron chi connectivity index (χ2n) is 7.20. The van der Waals surface area contributed by atoms with E-state index in [4.69, 9.17) is 4.98 Å². The number of rotatable bonds is 1. The summed E-state index contributed by atoms with van der Waals surface area (Å²) in [6, 6.07) is 7.16. The molecule has 1 aromatic carbocycles. The minimum absolute atomic E-state index is 0.0822. The van der Waals surface area contributed by atoms with Gasteiger partial charge in [-0.25, -0.2) is 4.98 Å². The second-order valence-corrected chi connectivity index (χ2v) is 7.20. The molecule has 0 saturated heterocycles. The summed E-state index contributed by atoms with van der Waals surface area (Å²) in [5, 5.41) is 3.44. The van der Waals surface area contributed by atoms with Gasteiger partial charge in [0.25, 0.3) is 0 Å². The van der Waals surface area contributed by atoms with E-state index in [1.54, 1.807) is 0 Å². The van der Waals surface area contributed by atoms with Gasteiger partial charge in [-0.15, -0.1) is 0 Å². The van der Waals surface area contributed by atoms with Crippen LogP contribution in [0, 0.1) is 13.8 Å². The summed E-state index contributed by atoms with van der Waals surface area (Å²) in [6.07, 6.45) is 3.34. The van der Waals surface area contributed by atoms with Gasteiger partial charge in [-0.3, -0.25) is 0 Å². The molecular formula is C18H25N3. The number of fused-ring (bicyclic) bond motifs is 1. The highest BCUT2D eigenvalue weighted by molar-refractivity contribution is 5.40. The van der Waals surface area contributed by atoms with E-state index in [0.717, 1.165) is 24.6 Å². The van der Waals surface area contributed by atoms with Crippen molar-refractivity contribution in [1.82, 2.24) is 9.55 Å². The summed E-state index contributed by atoms with van der Waals surface area (Å²) < 4.78 is 2.32. The molecule has 2 heterocycles. The molecule has 3 rings (SSSR count). The third kappa shape index (κ3) is 2.57. The van der Waals surface area contributed by atoms with Crippen molar-refractivity contribution < 1.29 is 0 Å². The van der Waals surface area contributed by atoms with Crippen molar-refractivity contribution in [2.24, 2.45) is 0 Å². The quantitative estimate of drug-likeness (QED) is 0.850. The number of nitrogens with zero attached hydrogens (tertiary/aromatic N) is 2. The van der Waals surface area contributed by atoms with Gasteiger partial charge in [0.2, 0.25) is 5.95 Å². The highest BCUT2D eigenvalue weighted by Crippen LogP contribution is 2.34. The van der Waals surface area contributed by atoms with Crippen molar-refractivity contribution in [3.63, 3.8) is 0 Å². The average molecular weight is 283 g/mol.